The molecule has 0 unspecified atom stereocenters. The van der Waals surface area contributed by atoms with Crippen LogP contribution in [0.5, 0.6) is 0 Å². The van der Waals surface area contributed by atoms with Crippen molar-refractivity contribution >= 4 is 5.91 Å². The Morgan fingerprint density at radius 3 is 2.79 bits per heavy atom. The van der Waals surface area contributed by atoms with Crippen LogP contribution in [0, 0.1) is 0 Å². The molecule has 1 rings (SSSR count). The Morgan fingerprint density at radius 2 is 2.16 bits per heavy atom. The molecule has 0 aliphatic rings. The first kappa shape index (κ1) is 15.6. The first-order valence-corrected chi connectivity index (χ1v) is 6.65. The lowest BCUT2D eigenvalue weighted by Gasteiger charge is -2.20. The van der Waals surface area contributed by atoms with Crippen LogP contribution in [0.15, 0.2) is 24.5 Å². The fourth-order valence-corrected chi connectivity index (χ4v) is 1.81. The van der Waals surface area contributed by atoms with Crippen LogP contribution in [-0.2, 0) is 11.3 Å². The highest BCUT2D eigenvalue weighted by Crippen LogP contribution is 2.02. The highest BCUT2D eigenvalue weighted by atomic mass is 16.2. The first-order chi connectivity index (χ1) is 9.13. The van der Waals surface area contributed by atoms with Crippen molar-refractivity contribution in [3.63, 3.8) is 0 Å². The lowest BCUT2D eigenvalue weighted by molar-refractivity contribution is -0.130. The first-order valence-electron chi connectivity index (χ1n) is 6.65. The molecule has 2 N–H and O–H groups in total. The van der Waals surface area contributed by atoms with Gasteiger partial charge in [0.1, 0.15) is 0 Å². The van der Waals surface area contributed by atoms with Gasteiger partial charge in [-0.1, -0.05) is 6.07 Å². The van der Waals surface area contributed by atoms with Gasteiger partial charge < -0.3 is 15.5 Å². The Bertz CT molecular complexity index is 369. The molecule has 0 saturated carbocycles. The Balaban J connectivity index is 2.26. The Hall–Kier alpha value is -1.46. The van der Waals surface area contributed by atoms with Gasteiger partial charge in [-0.05, 0) is 31.6 Å². The second kappa shape index (κ2) is 8.61. The van der Waals surface area contributed by atoms with Gasteiger partial charge in [-0.15, -0.1) is 0 Å². The van der Waals surface area contributed by atoms with Crippen molar-refractivity contribution in [2.24, 2.45) is 5.73 Å². The van der Waals surface area contributed by atoms with E-state index in [2.05, 4.69) is 9.88 Å². The largest absolute Gasteiger partial charge is 0.346 e. The third kappa shape index (κ3) is 6.31. The number of aromatic nitrogens is 1. The van der Waals surface area contributed by atoms with E-state index < -0.39 is 0 Å². The second-order valence-electron chi connectivity index (χ2n) is 4.81. The second-order valence-corrected chi connectivity index (χ2v) is 4.81. The van der Waals surface area contributed by atoms with Crippen LogP contribution in [0.3, 0.4) is 0 Å². The number of carbonyl (C=O) groups is 1. The summed E-state index contributed by atoms with van der Waals surface area (Å²) in [6.45, 7) is 2.93. The standard InChI is InChI=1S/C14H24N4O/c1-17(12-13-5-3-8-16-11-13)10-6-14(19)18(2)9-4-7-15/h3,5,8,11H,4,6-7,9-10,12,15H2,1-2H3. The summed E-state index contributed by atoms with van der Waals surface area (Å²) in [5.74, 6) is 0.173. The Kier molecular flexibility index (Phi) is 7.07. The van der Waals surface area contributed by atoms with E-state index >= 15 is 0 Å². The molecule has 0 saturated heterocycles. The lowest BCUT2D eigenvalue weighted by Crippen LogP contribution is -2.32. The molecule has 1 amide bonds. The number of amides is 1. The van der Waals surface area contributed by atoms with E-state index in [-0.39, 0.29) is 5.91 Å². The van der Waals surface area contributed by atoms with Gasteiger partial charge in [0.05, 0.1) is 0 Å². The summed E-state index contributed by atoms with van der Waals surface area (Å²) in [7, 11) is 3.85. The quantitative estimate of drug-likeness (QED) is 0.751. The molecule has 19 heavy (non-hydrogen) atoms. The zero-order valence-electron chi connectivity index (χ0n) is 11.9. The van der Waals surface area contributed by atoms with Crippen molar-refractivity contribution in [1.29, 1.82) is 0 Å². The van der Waals surface area contributed by atoms with Gasteiger partial charge in [-0.3, -0.25) is 9.78 Å². The number of pyridine rings is 1. The van der Waals surface area contributed by atoms with Crippen molar-refractivity contribution in [3.05, 3.63) is 30.1 Å². The van der Waals surface area contributed by atoms with E-state index in [0.29, 0.717) is 13.0 Å². The topological polar surface area (TPSA) is 62.5 Å². The highest BCUT2D eigenvalue weighted by molar-refractivity contribution is 5.76. The van der Waals surface area contributed by atoms with E-state index in [9.17, 15) is 4.79 Å². The summed E-state index contributed by atoms with van der Waals surface area (Å²) in [6.07, 6.45) is 5.01. The number of carbonyl (C=O) groups excluding carboxylic acids is 1. The normalized spacial score (nSPS) is 10.7. The maximum absolute atomic E-state index is 11.9. The van der Waals surface area contributed by atoms with E-state index in [1.54, 1.807) is 11.1 Å². The number of hydrogen-bond donors (Lipinski definition) is 1. The third-order valence-corrected chi connectivity index (χ3v) is 3.01. The zero-order chi connectivity index (χ0) is 14.1. The maximum Gasteiger partial charge on any atom is 0.223 e. The van der Waals surface area contributed by atoms with Gasteiger partial charge in [-0.25, -0.2) is 0 Å². The molecule has 0 aliphatic heterocycles. The van der Waals surface area contributed by atoms with Gasteiger partial charge in [0.2, 0.25) is 5.91 Å². The smallest absolute Gasteiger partial charge is 0.223 e. The fourth-order valence-electron chi connectivity index (χ4n) is 1.81. The Labute approximate surface area is 115 Å². The molecule has 0 atom stereocenters. The molecule has 106 valence electrons. The van der Waals surface area contributed by atoms with Gasteiger partial charge in [0.15, 0.2) is 0 Å². The van der Waals surface area contributed by atoms with Crippen LogP contribution in [0.1, 0.15) is 18.4 Å². The van der Waals surface area contributed by atoms with Gasteiger partial charge in [0, 0.05) is 45.5 Å². The van der Waals surface area contributed by atoms with E-state index in [1.165, 1.54) is 0 Å². The average molecular weight is 264 g/mol. The van der Waals surface area contributed by atoms with Crippen LogP contribution < -0.4 is 5.73 Å². The number of hydrogen-bond acceptors (Lipinski definition) is 4. The summed E-state index contributed by atoms with van der Waals surface area (Å²) < 4.78 is 0. The van der Waals surface area contributed by atoms with Crippen LogP contribution in [0.25, 0.3) is 0 Å². The highest BCUT2D eigenvalue weighted by Gasteiger charge is 2.09. The van der Waals surface area contributed by atoms with Crippen molar-refractivity contribution in [2.45, 2.75) is 19.4 Å². The van der Waals surface area contributed by atoms with Crippen LogP contribution in [0.4, 0.5) is 0 Å². The van der Waals surface area contributed by atoms with E-state index in [1.807, 2.05) is 32.4 Å². The van der Waals surface area contributed by atoms with Gasteiger partial charge in [0.25, 0.3) is 0 Å². The lowest BCUT2D eigenvalue weighted by atomic mass is 10.2. The molecule has 1 aromatic rings. The summed E-state index contributed by atoms with van der Waals surface area (Å²) in [4.78, 5) is 19.8. The SMILES string of the molecule is CN(CCC(=O)N(C)CCCN)Cc1cccnc1. The van der Waals surface area contributed by atoms with Crippen molar-refractivity contribution in [2.75, 3.05) is 33.7 Å². The molecule has 0 aromatic carbocycles. The van der Waals surface area contributed by atoms with Crippen LogP contribution >= 0.6 is 0 Å². The fraction of sp³-hybridized carbons (Fsp3) is 0.571. The minimum atomic E-state index is 0.173. The molecule has 1 heterocycles. The van der Waals surface area contributed by atoms with Crippen molar-refractivity contribution in [1.82, 2.24) is 14.8 Å². The predicted molar refractivity (Wildman–Crippen MR) is 76.5 cm³/mol. The third-order valence-electron chi connectivity index (χ3n) is 3.01. The predicted octanol–water partition coefficient (Wildman–Crippen LogP) is 0.711. The number of rotatable bonds is 8. The van der Waals surface area contributed by atoms with Crippen LogP contribution in [0.2, 0.25) is 0 Å². The average Bonchev–Trinajstić information content (AvgIpc) is 2.43. The number of nitrogens with zero attached hydrogens (tertiary/aromatic N) is 3. The molecular weight excluding hydrogens is 240 g/mol. The molecule has 0 radical (unpaired) electrons. The van der Waals surface area contributed by atoms with E-state index in [4.69, 9.17) is 5.73 Å². The molecule has 0 spiro atoms. The van der Waals surface area contributed by atoms with Crippen LogP contribution in [-0.4, -0.2) is 54.4 Å². The summed E-state index contributed by atoms with van der Waals surface area (Å²) in [6, 6.07) is 3.97. The summed E-state index contributed by atoms with van der Waals surface area (Å²) >= 11 is 0. The Morgan fingerprint density at radius 1 is 1.37 bits per heavy atom. The molecule has 5 heteroatoms. The summed E-state index contributed by atoms with van der Waals surface area (Å²) in [5.41, 5.74) is 6.59. The van der Waals surface area contributed by atoms with Gasteiger partial charge in [-0.2, -0.15) is 0 Å². The molecule has 0 aliphatic carbocycles. The van der Waals surface area contributed by atoms with Crippen molar-refractivity contribution < 1.29 is 4.79 Å². The molecule has 1 aromatic heterocycles. The number of nitrogens with two attached hydrogens (primary N) is 1. The zero-order valence-corrected chi connectivity index (χ0v) is 11.9. The monoisotopic (exact) mass is 264 g/mol. The van der Waals surface area contributed by atoms with E-state index in [0.717, 1.165) is 31.6 Å². The van der Waals surface area contributed by atoms with Gasteiger partial charge >= 0.3 is 0 Å². The van der Waals surface area contributed by atoms with Crippen molar-refractivity contribution in [3.8, 4) is 0 Å². The summed E-state index contributed by atoms with van der Waals surface area (Å²) in [5, 5.41) is 0. The molecule has 0 fully saturated rings. The molecule has 5 nitrogen and oxygen atoms in total. The maximum atomic E-state index is 11.9. The minimum absolute atomic E-state index is 0.173. The molecular formula is C14H24N4O. The minimum Gasteiger partial charge on any atom is -0.346 e. The molecule has 0 bridgehead atoms.